The third kappa shape index (κ3) is 5.93. The van der Waals surface area contributed by atoms with Gasteiger partial charge in [-0.3, -0.25) is 4.79 Å². The van der Waals surface area contributed by atoms with E-state index in [2.05, 4.69) is 10.6 Å². The molecule has 2 rings (SSSR count). The van der Waals surface area contributed by atoms with Crippen molar-refractivity contribution in [2.75, 3.05) is 13.6 Å². The van der Waals surface area contributed by atoms with Crippen molar-refractivity contribution in [2.45, 2.75) is 13.5 Å². The molecule has 5 heteroatoms. The first-order valence-electron chi connectivity index (χ1n) is 7.44. The zero-order chi connectivity index (χ0) is 15.8. The standard InChI is InChI=1S/C18H22N2O2.ClH/c1-14(12-19-2)18(21)20-13-15-8-6-7-11-17(15)22-16-9-4-3-5-10-16;/h3-11,14,19H,12-13H2,1-2H3,(H,20,21);1H. The smallest absolute Gasteiger partial charge is 0.224 e. The number of ether oxygens (including phenoxy) is 1. The maximum Gasteiger partial charge on any atom is 0.224 e. The maximum absolute atomic E-state index is 12.0. The Bertz CT molecular complexity index is 605. The van der Waals surface area contributed by atoms with Crippen molar-refractivity contribution in [2.24, 2.45) is 5.92 Å². The molecule has 1 amide bonds. The van der Waals surface area contributed by atoms with Gasteiger partial charge in [0.1, 0.15) is 11.5 Å². The van der Waals surface area contributed by atoms with Crippen molar-refractivity contribution in [3.05, 3.63) is 60.2 Å². The molecule has 2 aromatic carbocycles. The highest BCUT2D eigenvalue weighted by molar-refractivity contribution is 5.85. The van der Waals surface area contributed by atoms with E-state index in [-0.39, 0.29) is 24.2 Å². The summed E-state index contributed by atoms with van der Waals surface area (Å²) in [5, 5.41) is 5.96. The molecular formula is C18H23ClN2O2. The number of para-hydroxylation sites is 2. The van der Waals surface area contributed by atoms with Gasteiger partial charge in [0.15, 0.2) is 0 Å². The van der Waals surface area contributed by atoms with Crippen molar-refractivity contribution in [3.8, 4) is 11.5 Å². The van der Waals surface area contributed by atoms with E-state index < -0.39 is 0 Å². The van der Waals surface area contributed by atoms with Gasteiger partial charge in [-0.25, -0.2) is 0 Å². The molecular weight excluding hydrogens is 312 g/mol. The molecule has 1 unspecified atom stereocenters. The lowest BCUT2D eigenvalue weighted by molar-refractivity contribution is -0.124. The maximum atomic E-state index is 12.0. The lowest BCUT2D eigenvalue weighted by Gasteiger charge is -2.14. The molecule has 0 aromatic heterocycles. The fraction of sp³-hybridized carbons (Fsp3) is 0.278. The number of amides is 1. The number of hydrogen-bond acceptors (Lipinski definition) is 3. The Labute approximate surface area is 143 Å². The van der Waals surface area contributed by atoms with Crippen LogP contribution in [0.5, 0.6) is 11.5 Å². The minimum atomic E-state index is -0.0628. The lowest BCUT2D eigenvalue weighted by atomic mass is 10.1. The Morgan fingerprint density at radius 1 is 1.09 bits per heavy atom. The molecule has 0 spiro atoms. The summed E-state index contributed by atoms with van der Waals surface area (Å²) >= 11 is 0. The molecule has 2 N–H and O–H groups in total. The highest BCUT2D eigenvalue weighted by atomic mass is 35.5. The largest absolute Gasteiger partial charge is 0.457 e. The van der Waals surface area contributed by atoms with Crippen molar-refractivity contribution in [1.82, 2.24) is 10.6 Å². The summed E-state index contributed by atoms with van der Waals surface area (Å²) in [7, 11) is 1.84. The fourth-order valence-corrected chi connectivity index (χ4v) is 2.12. The highest BCUT2D eigenvalue weighted by Crippen LogP contribution is 2.24. The second kappa shape index (κ2) is 9.87. The molecule has 4 nitrogen and oxygen atoms in total. The lowest BCUT2D eigenvalue weighted by Crippen LogP contribution is -2.33. The molecule has 23 heavy (non-hydrogen) atoms. The van der Waals surface area contributed by atoms with Gasteiger partial charge in [0, 0.05) is 24.6 Å². The third-order valence-electron chi connectivity index (χ3n) is 3.35. The Kier molecular flexibility index (Phi) is 8.16. The Balaban J connectivity index is 0.00000264. The third-order valence-corrected chi connectivity index (χ3v) is 3.35. The van der Waals surface area contributed by atoms with E-state index in [0.717, 1.165) is 17.1 Å². The molecule has 0 aliphatic carbocycles. The molecule has 0 aliphatic heterocycles. The normalized spacial score (nSPS) is 11.2. The van der Waals surface area contributed by atoms with Crippen molar-refractivity contribution in [1.29, 1.82) is 0 Å². The monoisotopic (exact) mass is 334 g/mol. The fourth-order valence-electron chi connectivity index (χ4n) is 2.12. The number of carbonyl (C=O) groups excluding carboxylic acids is 1. The number of rotatable bonds is 7. The van der Waals surface area contributed by atoms with Crippen LogP contribution in [0.1, 0.15) is 12.5 Å². The summed E-state index contributed by atoms with van der Waals surface area (Å²) in [6.07, 6.45) is 0. The molecule has 0 saturated carbocycles. The van der Waals surface area contributed by atoms with E-state index in [9.17, 15) is 4.79 Å². The van der Waals surface area contributed by atoms with E-state index >= 15 is 0 Å². The first kappa shape index (κ1) is 19.0. The van der Waals surface area contributed by atoms with Gasteiger partial charge in [0.05, 0.1) is 0 Å². The van der Waals surface area contributed by atoms with Gasteiger partial charge < -0.3 is 15.4 Å². The van der Waals surface area contributed by atoms with Crippen molar-refractivity contribution >= 4 is 18.3 Å². The van der Waals surface area contributed by atoms with E-state index in [1.165, 1.54) is 0 Å². The zero-order valence-corrected chi connectivity index (χ0v) is 14.2. The molecule has 124 valence electrons. The van der Waals surface area contributed by atoms with Crippen LogP contribution < -0.4 is 15.4 Å². The first-order chi connectivity index (χ1) is 10.7. The number of halogens is 1. The van der Waals surface area contributed by atoms with Gasteiger partial charge in [-0.1, -0.05) is 43.3 Å². The van der Waals surface area contributed by atoms with E-state index in [4.69, 9.17) is 4.74 Å². The van der Waals surface area contributed by atoms with Crippen LogP contribution >= 0.6 is 12.4 Å². The van der Waals surface area contributed by atoms with E-state index in [1.54, 1.807) is 0 Å². The van der Waals surface area contributed by atoms with Crippen LogP contribution in [0.25, 0.3) is 0 Å². The Morgan fingerprint density at radius 3 is 2.43 bits per heavy atom. The van der Waals surface area contributed by atoms with E-state index in [0.29, 0.717) is 13.1 Å². The second-order valence-electron chi connectivity index (χ2n) is 5.20. The molecule has 0 bridgehead atoms. The van der Waals surface area contributed by atoms with Crippen LogP contribution in [0.3, 0.4) is 0 Å². The van der Waals surface area contributed by atoms with Crippen LogP contribution in [0.4, 0.5) is 0 Å². The molecule has 0 heterocycles. The predicted molar refractivity (Wildman–Crippen MR) is 95.1 cm³/mol. The summed E-state index contributed by atoms with van der Waals surface area (Å²) < 4.78 is 5.89. The van der Waals surface area contributed by atoms with Gasteiger partial charge in [-0.15, -0.1) is 12.4 Å². The molecule has 0 fully saturated rings. The number of carbonyl (C=O) groups is 1. The first-order valence-corrected chi connectivity index (χ1v) is 7.44. The van der Waals surface area contributed by atoms with E-state index in [1.807, 2.05) is 68.6 Å². The molecule has 0 saturated heterocycles. The average molecular weight is 335 g/mol. The Morgan fingerprint density at radius 2 is 1.74 bits per heavy atom. The van der Waals surface area contributed by atoms with Crippen LogP contribution in [-0.2, 0) is 11.3 Å². The highest BCUT2D eigenvalue weighted by Gasteiger charge is 2.12. The molecule has 2 aromatic rings. The summed E-state index contributed by atoms with van der Waals surface area (Å²) in [5.41, 5.74) is 0.955. The Hall–Kier alpha value is -2.04. The molecule has 1 atom stereocenters. The minimum absolute atomic E-state index is 0. The SMILES string of the molecule is CNCC(C)C(=O)NCc1ccccc1Oc1ccccc1.Cl. The summed E-state index contributed by atoms with van der Waals surface area (Å²) in [6, 6.07) is 17.4. The summed E-state index contributed by atoms with van der Waals surface area (Å²) in [4.78, 5) is 12.0. The quantitative estimate of drug-likeness (QED) is 0.816. The van der Waals surface area contributed by atoms with Gasteiger partial charge in [-0.05, 0) is 25.2 Å². The van der Waals surface area contributed by atoms with Crippen molar-refractivity contribution in [3.63, 3.8) is 0 Å². The zero-order valence-electron chi connectivity index (χ0n) is 13.4. The van der Waals surface area contributed by atoms with Crippen LogP contribution in [0.2, 0.25) is 0 Å². The van der Waals surface area contributed by atoms with Crippen LogP contribution in [0, 0.1) is 5.92 Å². The van der Waals surface area contributed by atoms with Gasteiger partial charge in [-0.2, -0.15) is 0 Å². The van der Waals surface area contributed by atoms with Gasteiger partial charge in [0.2, 0.25) is 5.91 Å². The molecule has 0 aliphatic rings. The van der Waals surface area contributed by atoms with Crippen molar-refractivity contribution < 1.29 is 9.53 Å². The van der Waals surface area contributed by atoms with Gasteiger partial charge in [0.25, 0.3) is 0 Å². The predicted octanol–water partition coefficient (Wildman–Crippen LogP) is 3.37. The summed E-state index contributed by atoms with van der Waals surface area (Å²) in [6.45, 7) is 3.02. The van der Waals surface area contributed by atoms with Crippen LogP contribution in [-0.4, -0.2) is 19.5 Å². The van der Waals surface area contributed by atoms with Gasteiger partial charge >= 0.3 is 0 Å². The topological polar surface area (TPSA) is 50.4 Å². The minimum Gasteiger partial charge on any atom is -0.457 e. The number of hydrogen-bond donors (Lipinski definition) is 2. The number of nitrogens with one attached hydrogen (secondary N) is 2. The average Bonchev–Trinajstić information content (AvgIpc) is 2.55. The van der Waals surface area contributed by atoms with Crippen LogP contribution in [0.15, 0.2) is 54.6 Å². The molecule has 0 radical (unpaired) electrons. The number of benzene rings is 2. The summed E-state index contributed by atoms with van der Waals surface area (Å²) in [5.74, 6) is 1.51. The second-order valence-corrected chi connectivity index (χ2v) is 5.20.